The Morgan fingerprint density at radius 3 is 2.50 bits per heavy atom. The molecule has 1 atom stereocenters. The Morgan fingerprint density at radius 1 is 1.20 bits per heavy atom. The van der Waals surface area contributed by atoms with Crippen molar-refractivity contribution in [3.8, 4) is 5.75 Å². The third kappa shape index (κ3) is 3.89. The van der Waals surface area contributed by atoms with E-state index in [1.54, 1.807) is 7.11 Å². The third-order valence-electron chi connectivity index (χ3n) is 4.13. The maximum Gasteiger partial charge on any atom is 0.123 e. The molecular weight excluding hydrogens is 270 g/mol. The van der Waals surface area contributed by atoms with Gasteiger partial charge in [0.25, 0.3) is 0 Å². The van der Waals surface area contributed by atoms with E-state index in [1.807, 2.05) is 0 Å². The molecule has 0 aromatic heterocycles. The Bertz CT molecular complexity index is 427. The highest BCUT2D eigenvalue weighted by Crippen LogP contribution is 2.33. The minimum Gasteiger partial charge on any atom is -0.496 e. The van der Waals surface area contributed by atoms with Crippen molar-refractivity contribution in [2.24, 2.45) is 0 Å². The van der Waals surface area contributed by atoms with Gasteiger partial charge >= 0.3 is 0 Å². The second-order valence-electron chi connectivity index (χ2n) is 5.98. The topological polar surface area (TPSA) is 12.5 Å². The summed E-state index contributed by atoms with van der Waals surface area (Å²) in [5, 5.41) is 0.00162. The van der Waals surface area contributed by atoms with Crippen LogP contribution in [0.25, 0.3) is 0 Å². The van der Waals surface area contributed by atoms with E-state index < -0.39 is 0 Å². The highest BCUT2D eigenvalue weighted by molar-refractivity contribution is 6.21. The molecule has 1 aliphatic heterocycles. The first kappa shape index (κ1) is 15.7. The van der Waals surface area contributed by atoms with E-state index in [-0.39, 0.29) is 5.38 Å². The lowest BCUT2D eigenvalue weighted by Gasteiger charge is -2.29. The number of methoxy groups -OCH3 is 1. The number of nitrogens with zero attached hydrogens (tertiary/aromatic N) is 1. The summed E-state index contributed by atoms with van der Waals surface area (Å²) in [6, 6.07) is 6.40. The Morgan fingerprint density at radius 2 is 1.90 bits per heavy atom. The fourth-order valence-corrected chi connectivity index (χ4v) is 3.19. The molecule has 0 bridgehead atoms. The van der Waals surface area contributed by atoms with E-state index in [0.717, 1.165) is 17.9 Å². The van der Waals surface area contributed by atoms with Crippen LogP contribution in [-0.2, 0) is 0 Å². The lowest BCUT2D eigenvalue weighted by Crippen LogP contribution is -2.32. The van der Waals surface area contributed by atoms with E-state index in [2.05, 4.69) is 36.9 Å². The molecule has 2 nitrogen and oxygen atoms in total. The first-order valence-electron chi connectivity index (χ1n) is 7.66. The van der Waals surface area contributed by atoms with Crippen molar-refractivity contribution < 1.29 is 4.74 Å². The van der Waals surface area contributed by atoms with E-state index >= 15 is 0 Å². The van der Waals surface area contributed by atoms with Gasteiger partial charge in [0.2, 0.25) is 0 Å². The molecule has 112 valence electrons. The zero-order valence-corrected chi connectivity index (χ0v) is 13.6. The van der Waals surface area contributed by atoms with Crippen LogP contribution in [0.4, 0.5) is 0 Å². The molecule has 1 aromatic carbocycles. The summed E-state index contributed by atoms with van der Waals surface area (Å²) >= 11 is 6.68. The van der Waals surface area contributed by atoms with Gasteiger partial charge in [0.05, 0.1) is 12.5 Å². The number of likely N-dealkylation sites (tertiary alicyclic amines) is 1. The number of piperidine rings is 1. The van der Waals surface area contributed by atoms with Crippen molar-refractivity contribution >= 4 is 11.6 Å². The minimum atomic E-state index is 0.00162. The van der Waals surface area contributed by atoms with E-state index in [9.17, 15) is 0 Å². The van der Waals surface area contributed by atoms with Gasteiger partial charge in [-0.2, -0.15) is 0 Å². The summed E-state index contributed by atoms with van der Waals surface area (Å²) in [6.07, 6.45) is 3.95. The Hall–Kier alpha value is -0.730. The highest BCUT2D eigenvalue weighted by Gasteiger charge is 2.19. The molecule has 20 heavy (non-hydrogen) atoms. The molecular formula is C17H26ClNO. The van der Waals surface area contributed by atoms with Gasteiger partial charge in [0.1, 0.15) is 5.75 Å². The summed E-state index contributed by atoms with van der Waals surface area (Å²) in [6.45, 7) is 7.68. The molecule has 0 radical (unpaired) electrons. The molecule has 0 saturated carbocycles. The average Bonchev–Trinajstić information content (AvgIpc) is 2.47. The van der Waals surface area contributed by atoms with Crippen LogP contribution in [0.2, 0.25) is 0 Å². The lowest BCUT2D eigenvalue weighted by molar-refractivity contribution is 0.228. The van der Waals surface area contributed by atoms with Crippen LogP contribution in [-0.4, -0.2) is 31.6 Å². The molecule has 0 amide bonds. The number of hydrogen-bond donors (Lipinski definition) is 0. The van der Waals surface area contributed by atoms with Crippen LogP contribution in [0.1, 0.15) is 55.5 Å². The number of benzene rings is 1. The van der Waals surface area contributed by atoms with Crippen LogP contribution >= 0.6 is 11.6 Å². The van der Waals surface area contributed by atoms with Gasteiger partial charge in [-0.15, -0.1) is 11.6 Å². The van der Waals surface area contributed by atoms with Crippen molar-refractivity contribution in [1.29, 1.82) is 0 Å². The second-order valence-corrected chi connectivity index (χ2v) is 6.51. The van der Waals surface area contributed by atoms with Crippen molar-refractivity contribution in [1.82, 2.24) is 4.90 Å². The normalized spacial score (nSPS) is 18.2. The fourth-order valence-electron chi connectivity index (χ4n) is 2.82. The summed E-state index contributed by atoms with van der Waals surface area (Å²) in [4.78, 5) is 2.47. The lowest BCUT2D eigenvalue weighted by atomic mass is 9.98. The molecule has 0 spiro atoms. The predicted octanol–water partition coefficient (Wildman–Crippen LogP) is 4.58. The van der Waals surface area contributed by atoms with E-state index in [0.29, 0.717) is 5.92 Å². The molecule has 2 rings (SSSR count). The maximum atomic E-state index is 6.68. The van der Waals surface area contributed by atoms with Crippen LogP contribution in [0.3, 0.4) is 0 Å². The Labute approximate surface area is 128 Å². The molecule has 0 aliphatic carbocycles. The third-order valence-corrected chi connectivity index (χ3v) is 4.50. The first-order valence-corrected chi connectivity index (χ1v) is 8.09. The smallest absolute Gasteiger partial charge is 0.123 e. The van der Waals surface area contributed by atoms with Gasteiger partial charge in [-0.1, -0.05) is 32.4 Å². The molecule has 1 fully saturated rings. The Balaban J connectivity index is 2.13. The summed E-state index contributed by atoms with van der Waals surface area (Å²) < 4.78 is 5.49. The first-order chi connectivity index (χ1) is 9.61. The number of hydrogen-bond acceptors (Lipinski definition) is 2. The highest BCUT2D eigenvalue weighted by atomic mass is 35.5. The number of rotatable bonds is 5. The van der Waals surface area contributed by atoms with Crippen LogP contribution in [0, 0.1) is 0 Å². The van der Waals surface area contributed by atoms with Crippen LogP contribution in [0.5, 0.6) is 5.75 Å². The molecule has 1 aliphatic rings. The molecule has 3 heteroatoms. The van der Waals surface area contributed by atoms with Gasteiger partial charge in [0, 0.05) is 12.1 Å². The standard InChI is InChI=1S/C17H26ClNO/c1-13(2)14-7-8-17(20-3)15(11-14)16(18)12-19-9-5-4-6-10-19/h7-8,11,13,16H,4-6,9-10,12H2,1-3H3. The molecule has 0 N–H and O–H groups in total. The molecule has 1 unspecified atom stereocenters. The molecule has 1 heterocycles. The average molecular weight is 296 g/mol. The zero-order valence-electron chi connectivity index (χ0n) is 12.9. The number of halogens is 1. The zero-order chi connectivity index (χ0) is 14.5. The SMILES string of the molecule is COc1ccc(C(C)C)cc1C(Cl)CN1CCCCC1. The van der Waals surface area contributed by atoms with Crippen molar-refractivity contribution in [2.45, 2.75) is 44.4 Å². The maximum absolute atomic E-state index is 6.68. The quantitative estimate of drug-likeness (QED) is 0.737. The van der Waals surface area contributed by atoms with Gasteiger partial charge < -0.3 is 9.64 Å². The fraction of sp³-hybridized carbons (Fsp3) is 0.647. The molecule has 1 saturated heterocycles. The second kappa shape index (κ2) is 7.33. The van der Waals surface area contributed by atoms with E-state index in [1.165, 1.54) is 37.9 Å². The summed E-state index contributed by atoms with van der Waals surface area (Å²) in [5.74, 6) is 1.42. The Kier molecular flexibility index (Phi) is 5.74. The van der Waals surface area contributed by atoms with E-state index in [4.69, 9.17) is 16.3 Å². The summed E-state index contributed by atoms with van der Waals surface area (Å²) in [7, 11) is 1.72. The minimum absolute atomic E-state index is 0.00162. The number of ether oxygens (including phenoxy) is 1. The van der Waals surface area contributed by atoms with Gasteiger partial charge in [-0.25, -0.2) is 0 Å². The van der Waals surface area contributed by atoms with Gasteiger partial charge in [-0.3, -0.25) is 0 Å². The van der Waals surface area contributed by atoms with Crippen LogP contribution < -0.4 is 4.74 Å². The monoisotopic (exact) mass is 295 g/mol. The van der Waals surface area contributed by atoms with Crippen molar-refractivity contribution in [3.63, 3.8) is 0 Å². The largest absolute Gasteiger partial charge is 0.496 e. The number of alkyl halides is 1. The molecule has 1 aromatic rings. The van der Waals surface area contributed by atoms with Crippen molar-refractivity contribution in [2.75, 3.05) is 26.7 Å². The summed E-state index contributed by atoms with van der Waals surface area (Å²) in [5.41, 5.74) is 2.45. The van der Waals surface area contributed by atoms with Crippen LogP contribution in [0.15, 0.2) is 18.2 Å². The van der Waals surface area contributed by atoms with Gasteiger partial charge in [0.15, 0.2) is 0 Å². The predicted molar refractivity (Wildman–Crippen MR) is 86.0 cm³/mol. The van der Waals surface area contributed by atoms with Gasteiger partial charge in [-0.05, 0) is 43.5 Å². The van der Waals surface area contributed by atoms with Crippen molar-refractivity contribution in [3.05, 3.63) is 29.3 Å².